The number of oxazole rings is 1. The molecule has 1 heterocycles. The molecule has 32 heavy (non-hydrogen) atoms. The van der Waals surface area contributed by atoms with Crippen molar-refractivity contribution in [1.82, 2.24) is 4.98 Å². The smallest absolute Gasteiger partial charge is 0.256 e. The highest BCUT2D eigenvalue weighted by molar-refractivity contribution is 6.08. The number of nitrogens with zero attached hydrogens (tertiary/aromatic N) is 1. The zero-order valence-corrected chi connectivity index (χ0v) is 18.3. The standard InChI is InChI=1S/C27H26N2O3/c1-3-4-8-19-13-15-21(16-14-19)29-26(30)23-11-5-6-12-24(23)27-28-18-25(32-27)20-9-7-10-22(17-20)31-2/h5-7,9-18H,3-4,8H2,1-2H3,(H,29,30). The molecule has 0 aliphatic rings. The van der Waals surface area contributed by atoms with E-state index in [-0.39, 0.29) is 5.91 Å². The third-order valence-electron chi connectivity index (χ3n) is 5.29. The first-order valence-electron chi connectivity index (χ1n) is 10.8. The van der Waals surface area contributed by atoms with E-state index >= 15 is 0 Å². The van der Waals surface area contributed by atoms with E-state index in [0.717, 1.165) is 36.3 Å². The first kappa shape index (κ1) is 21.4. The second-order valence-electron chi connectivity index (χ2n) is 7.56. The van der Waals surface area contributed by atoms with Crippen molar-refractivity contribution in [2.24, 2.45) is 0 Å². The summed E-state index contributed by atoms with van der Waals surface area (Å²) in [6.45, 7) is 2.18. The van der Waals surface area contributed by atoms with Gasteiger partial charge in [-0.25, -0.2) is 4.98 Å². The molecule has 0 fully saturated rings. The van der Waals surface area contributed by atoms with Gasteiger partial charge in [0.1, 0.15) is 5.75 Å². The van der Waals surface area contributed by atoms with Crippen LogP contribution in [-0.2, 0) is 6.42 Å². The zero-order valence-electron chi connectivity index (χ0n) is 18.3. The molecule has 0 aliphatic carbocycles. The predicted octanol–water partition coefficient (Wildman–Crippen LogP) is 6.61. The molecule has 4 aromatic rings. The van der Waals surface area contributed by atoms with E-state index in [2.05, 4.69) is 29.4 Å². The lowest BCUT2D eigenvalue weighted by molar-refractivity contribution is 0.102. The number of benzene rings is 3. The molecule has 1 N–H and O–H groups in total. The lowest BCUT2D eigenvalue weighted by atomic mass is 10.1. The van der Waals surface area contributed by atoms with Gasteiger partial charge in [-0.05, 0) is 54.8 Å². The molecule has 0 spiro atoms. The quantitative estimate of drug-likeness (QED) is 0.344. The monoisotopic (exact) mass is 426 g/mol. The number of hydrogen-bond donors (Lipinski definition) is 1. The van der Waals surface area contributed by atoms with Gasteiger partial charge < -0.3 is 14.5 Å². The Morgan fingerprint density at radius 3 is 2.62 bits per heavy atom. The molecule has 1 aromatic heterocycles. The van der Waals surface area contributed by atoms with Crippen LogP contribution in [0.25, 0.3) is 22.8 Å². The van der Waals surface area contributed by atoms with E-state index in [1.807, 2.05) is 54.6 Å². The average Bonchev–Trinajstić information content (AvgIpc) is 3.34. The Morgan fingerprint density at radius 1 is 1.03 bits per heavy atom. The van der Waals surface area contributed by atoms with Gasteiger partial charge in [-0.2, -0.15) is 0 Å². The van der Waals surface area contributed by atoms with Crippen molar-refractivity contribution in [1.29, 1.82) is 0 Å². The van der Waals surface area contributed by atoms with Crippen LogP contribution in [0.4, 0.5) is 5.69 Å². The Balaban J connectivity index is 1.55. The van der Waals surface area contributed by atoms with Crippen LogP contribution < -0.4 is 10.1 Å². The fraction of sp³-hybridized carbons (Fsp3) is 0.185. The molecule has 3 aromatic carbocycles. The average molecular weight is 427 g/mol. The molecule has 0 aliphatic heterocycles. The molecule has 0 bridgehead atoms. The summed E-state index contributed by atoms with van der Waals surface area (Å²) in [7, 11) is 1.62. The lowest BCUT2D eigenvalue weighted by Gasteiger charge is -2.09. The molecule has 0 saturated carbocycles. The molecule has 0 atom stereocenters. The maximum absolute atomic E-state index is 13.0. The summed E-state index contributed by atoms with van der Waals surface area (Å²) >= 11 is 0. The van der Waals surface area contributed by atoms with Crippen LogP contribution >= 0.6 is 0 Å². The molecule has 4 rings (SSSR count). The van der Waals surface area contributed by atoms with Crippen molar-refractivity contribution in [3.05, 3.63) is 90.1 Å². The Hall–Kier alpha value is -3.86. The van der Waals surface area contributed by atoms with Gasteiger partial charge in [0.15, 0.2) is 5.76 Å². The highest BCUT2D eigenvalue weighted by Crippen LogP contribution is 2.30. The maximum Gasteiger partial charge on any atom is 0.256 e. The van der Waals surface area contributed by atoms with Crippen molar-refractivity contribution in [2.45, 2.75) is 26.2 Å². The van der Waals surface area contributed by atoms with Crippen molar-refractivity contribution in [2.75, 3.05) is 12.4 Å². The van der Waals surface area contributed by atoms with Gasteiger partial charge in [0.25, 0.3) is 5.91 Å². The van der Waals surface area contributed by atoms with E-state index < -0.39 is 0 Å². The van der Waals surface area contributed by atoms with E-state index in [0.29, 0.717) is 22.8 Å². The minimum absolute atomic E-state index is 0.206. The van der Waals surface area contributed by atoms with Gasteiger partial charge in [0.2, 0.25) is 5.89 Å². The summed E-state index contributed by atoms with van der Waals surface area (Å²) in [6, 6.07) is 22.9. The van der Waals surface area contributed by atoms with Gasteiger partial charge in [-0.15, -0.1) is 0 Å². The van der Waals surface area contributed by atoms with Crippen molar-refractivity contribution < 1.29 is 13.9 Å². The van der Waals surface area contributed by atoms with Crippen LogP contribution in [0.5, 0.6) is 5.75 Å². The van der Waals surface area contributed by atoms with Crippen molar-refractivity contribution >= 4 is 11.6 Å². The summed E-state index contributed by atoms with van der Waals surface area (Å²) in [5, 5.41) is 2.98. The Kier molecular flexibility index (Phi) is 6.66. The molecular weight excluding hydrogens is 400 g/mol. The van der Waals surface area contributed by atoms with Gasteiger partial charge in [-0.1, -0.05) is 49.7 Å². The number of hydrogen-bond acceptors (Lipinski definition) is 4. The van der Waals surface area contributed by atoms with E-state index in [9.17, 15) is 4.79 Å². The Morgan fingerprint density at radius 2 is 1.84 bits per heavy atom. The Bertz CT molecular complexity index is 1200. The van der Waals surface area contributed by atoms with Crippen LogP contribution in [0.15, 0.2) is 83.4 Å². The number of nitrogens with one attached hydrogen (secondary N) is 1. The first-order chi connectivity index (χ1) is 15.7. The highest BCUT2D eigenvalue weighted by Gasteiger charge is 2.17. The fourth-order valence-corrected chi connectivity index (χ4v) is 3.51. The number of methoxy groups -OCH3 is 1. The summed E-state index contributed by atoms with van der Waals surface area (Å²) in [6.07, 6.45) is 5.03. The van der Waals surface area contributed by atoms with Crippen LogP contribution in [-0.4, -0.2) is 18.0 Å². The van der Waals surface area contributed by atoms with E-state index in [1.165, 1.54) is 5.56 Å². The number of unbranched alkanes of at least 4 members (excludes halogenated alkanes) is 1. The molecule has 1 amide bonds. The molecule has 0 unspecified atom stereocenters. The van der Waals surface area contributed by atoms with Crippen molar-refractivity contribution in [3.8, 4) is 28.5 Å². The van der Waals surface area contributed by atoms with Crippen LogP contribution in [0.1, 0.15) is 35.7 Å². The van der Waals surface area contributed by atoms with Gasteiger partial charge in [0, 0.05) is 16.8 Å². The summed E-state index contributed by atoms with van der Waals surface area (Å²) < 4.78 is 11.3. The molecule has 162 valence electrons. The number of anilines is 1. The highest BCUT2D eigenvalue weighted by atomic mass is 16.5. The lowest BCUT2D eigenvalue weighted by Crippen LogP contribution is -2.13. The predicted molar refractivity (Wildman–Crippen MR) is 127 cm³/mol. The molecule has 0 radical (unpaired) electrons. The second-order valence-corrected chi connectivity index (χ2v) is 7.56. The molecule has 5 nitrogen and oxygen atoms in total. The van der Waals surface area contributed by atoms with Gasteiger partial charge >= 0.3 is 0 Å². The third kappa shape index (κ3) is 4.89. The van der Waals surface area contributed by atoms with Crippen LogP contribution in [0.3, 0.4) is 0 Å². The number of aromatic nitrogens is 1. The number of carbonyl (C=O) groups excluding carboxylic acids is 1. The molecular formula is C27H26N2O3. The number of rotatable bonds is 8. The number of aryl methyl sites for hydroxylation is 1. The SMILES string of the molecule is CCCCc1ccc(NC(=O)c2ccccc2-c2ncc(-c3cccc(OC)c3)o2)cc1. The van der Waals surface area contributed by atoms with Gasteiger partial charge in [-0.3, -0.25) is 4.79 Å². The number of carbonyl (C=O) groups is 1. The molecule has 0 saturated heterocycles. The molecule has 5 heteroatoms. The zero-order chi connectivity index (χ0) is 22.3. The second kappa shape index (κ2) is 9.96. The normalized spacial score (nSPS) is 10.7. The maximum atomic E-state index is 13.0. The van der Waals surface area contributed by atoms with E-state index in [1.54, 1.807) is 19.4 Å². The Labute approximate surface area is 188 Å². The third-order valence-corrected chi connectivity index (χ3v) is 5.29. The minimum Gasteiger partial charge on any atom is -0.497 e. The van der Waals surface area contributed by atoms with Crippen LogP contribution in [0, 0.1) is 0 Å². The first-order valence-corrected chi connectivity index (χ1v) is 10.8. The number of amides is 1. The minimum atomic E-state index is -0.206. The summed E-state index contributed by atoms with van der Waals surface area (Å²) in [5.41, 5.74) is 4.03. The summed E-state index contributed by atoms with van der Waals surface area (Å²) in [5.74, 6) is 1.53. The topological polar surface area (TPSA) is 64.4 Å². The van der Waals surface area contributed by atoms with E-state index in [4.69, 9.17) is 9.15 Å². The van der Waals surface area contributed by atoms with Crippen LogP contribution in [0.2, 0.25) is 0 Å². The largest absolute Gasteiger partial charge is 0.497 e. The van der Waals surface area contributed by atoms with Gasteiger partial charge in [0.05, 0.1) is 18.9 Å². The fourth-order valence-electron chi connectivity index (χ4n) is 3.51. The number of ether oxygens (including phenoxy) is 1. The summed E-state index contributed by atoms with van der Waals surface area (Å²) in [4.78, 5) is 17.4. The van der Waals surface area contributed by atoms with Crippen molar-refractivity contribution in [3.63, 3.8) is 0 Å².